The Labute approximate surface area is 177 Å². The molecule has 7 nitrogen and oxygen atoms in total. The topological polar surface area (TPSA) is 93.1 Å². The Balaban J connectivity index is 1.66. The molecule has 3 aromatic rings. The van der Waals surface area contributed by atoms with Crippen LogP contribution in [0.25, 0.3) is 10.9 Å². The molecule has 3 rings (SSSR count). The predicted molar refractivity (Wildman–Crippen MR) is 112 cm³/mol. The van der Waals surface area contributed by atoms with Gasteiger partial charge in [0, 0.05) is 16.6 Å². The molecule has 1 aromatic heterocycles. The third-order valence-corrected chi connectivity index (χ3v) is 5.42. The number of hydrogen-bond acceptors (Lipinski definition) is 5. The summed E-state index contributed by atoms with van der Waals surface area (Å²) in [5.41, 5.74) is 5.11. The van der Waals surface area contributed by atoms with Crippen molar-refractivity contribution < 1.29 is 14.0 Å². The third-order valence-electron chi connectivity index (χ3n) is 3.95. The Bertz CT molecular complexity index is 1130. The van der Waals surface area contributed by atoms with Crippen LogP contribution in [0.1, 0.15) is 17.3 Å². The maximum atomic E-state index is 12.9. The maximum Gasteiger partial charge on any atom is 0.269 e. The van der Waals surface area contributed by atoms with Crippen LogP contribution in [-0.2, 0) is 11.3 Å². The molecule has 2 amide bonds. The number of carbonyl (C=O) groups excluding carboxylic acids is 2. The zero-order valence-electron chi connectivity index (χ0n) is 15.2. The molecule has 29 heavy (non-hydrogen) atoms. The number of carbonyl (C=O) groups is 2. The zero-order valence-corrected chi connectivity index (χ0v) is 17.6. The minimum atomic E-state index is -0.566. The summed E-state index contributed by atoms with van der Waals surface area (Å²) in [6, 6.07) is 10.2. The van der Waals surface area contributed by atoms with E-state index in [4.69, 9.17) is 0 Å². The molecule has 0 saturated carbocycles. The van der Waals surface area contributed by atoms with E-state index in [1.807, 2.05) is 6.92 Å². The second-order valence-corrected chi connectivity index (χ2v) is 7.76. The number of nitrogens with one attached hydrogen (secondary N) is 2. The second kappa shape index (κ2) is 9.19. The van der Waals surface area contributed by atoms with Crippen LogP contribution in [0.15, 0.2) is 56.9 Å². The van der Waals surface area contributed by atoms with Crippen molar-refractivity contribution in [1.29, 1.82) is 0 Å². The lowest BCUT2D eigenvalue weighted by Gasteiger charge is -2.12. The number of fused-ring (bicyclic) bond motifs is 1. The number of hydrogen-bond donors (Lipinski definition) is 2. The minimum Gasteiger partial charge on any atom is -0.287 e. The van der Waals surface area contributed by atoms with E-state index in [-0.39, 0.29) is 16.9 Å². The molecule has 0 aliphatic heterocycles. The second-order valence-electron chi connectivity index (χ2n) is 5.90. The fraction of sp³-hybridized carbons (Fsp3) is 0.158. The van der Waals surface area contributed by atoms with Gasteiger partial charge in [0.15, 0.2) is 5.16 Å². The highest BCUT2D eigenvalue weighted by Crippen LogP contribution is 2.20. The fourth-order valence-electron chi connectivity index (χ4n) is 2.53. The van der Waals surface area contributed by atoms with Crippen LogP contribution in [0, 0.1) is 5.82 Å². The summed E-state index contributed by atoms with van der Waals surface area (Å²) >= 11 is 4.43. The van der Waals surface area contributed by atoms with Crippen LogP contribution in [0.2, 0.25) is 0 Å². The highest BCUT2D eigenvalue weighted by atomic mass is 79.9. The molecule has 2 N–H and O–H groups in total. The standard InChI is InChI=1S/C19H16BrFN4O3S/c1-2-25-18(28)14-9-12(20)5-8-15(14)22-19(25)29-10-16(26)23-24-17(27)11-3-6-13(21)7-4-11/h3-9H,2,10H2,1H3,(H,23,26)(H,24,27). The summed E-state index contributed by atoms with van der Waals surface area (Å²) in [5.74, 6) is -1.56. The van der Waals surface area contributed by atoms with Crippen LogP contribution in [0.4, 0.5) is 4.39 Å². The van der Waals surface area contributed by atoms with E-state index in [2.05, 4.69) is 31.8 Å². The van der Waals surface area contributed by atoms with Crippen molar-refractivity contribution in [2.45, 2.75) is 18.6 Å². The predicted octanol–water partition coefficient (Wildman–Crippen LogP) is 2.87. The van der Waals surface area contributed by atoms with Crippen molar-refractivity contribution in [3.63, 3.8) is 0 Å². The summed E-state index contributed by atoms with van der Waals surface area (Å²) in [7, 11) is 0. The van der Waals surface area contributed by atoms with Crippen LogP contribution in [0.5, 0.6) is 0 Å². The summed E-state index contributed by atoms with van der Waals surface area (Å²) in [6.45, 7) is 2.22. The summed E-state index contributed by atoms with van der Waals surface area (Å²) < 4.78 is 15.2. The number of amides is 2. The van der Waals surface area contributed by atoms with Gasteiger partial charge in [0.1, 0.15) is 5.82 Å². The number of aromatic nitrogens is 2. The summed E-state index contributed by atoms with van der Waals surface area (Å²) in [6.07, 6.45) is 0. The van der Waals surface area contributed by atoms with Gasteiger partial charge in [-0.1, -0.05) is 27.7 Å². The number of rotatable bonds is 5. The molecule has 150 valence electrons. The Morgan fingerprint density at radius 2 is 1.90 bits per heavy atom. The van der Waals surface area contributed by atoms with Gasteiger partial charge in [-0.15, -0.1) is 0 Å². The first-order valence-electron chi connectivity index (χ1n) is 8.56. The SMILES string of the molecule is CCn1c(SCC(=O)NNC(=O)c2ccc(F)cc2)nc2ccc(Br)cc2c1=O. The number of benzene rings is 2. The molecule has 2 aromatic carbocycles. The van der Waals surface area contributed by atoms with Gasteiger partial charge in [0.2, 0.25) is 5.91 Å². The van der Waals surface area contributed by atoms with Crippen molar-refractivity contribution >= 4 is 50.4 Å². The first-order chi connectivity index (χ1) is 13.9. The summed E-state index contributed by atoms with van der Waals surface area (Å²) in [4.78, 5) is 41.2. The van der Waals surface area contributed by atoms with E-state index in [0.717, 1.165) is 28.4 Å². The van der Waals surface area contributed by atoms with Crippen LogP contribution in [-0.4, -0.2) is 27.1 Å². The van der Waals surface area contributed by atoms with Crippen LogP contribution < -0.4 is 16.4 Å². The van der Waals surface area contributed by atoms with Crippen LogP contribution >= 0.6 is 27.7 Å². The van der Waals surface area contributed by atoms with Crippen molar-refractivity contribution in [3.05, 3.63) is 68.7 Å². The minimum absolute atomic E-state index is 0.0574. The quantitative estimate of drug-likeness (QED) is 0.334. The maximum absolute atomic E-state index is 12.9. The number of thioether (sulfide) groups is 1. The normalized spacial score (nSPS) is 10.7. The number of halogens is 2. The van der Waals surface area contributed by atoms with Gasteiger partial charge in [-0.2, -0.15) is 0 Å². The molecular formula is C19H16BrFN4O3S. The van der Waals surface area contributed by atoms with Crippen molar-refractivity contribution in [1.82, 2.24) is 20.4 Å². The number of nitrogens with zero attached hydrogens (tertiary/aromatic N) is 2. The van der Waals surface area contributed by atoms with Crippen molar-refractivity contribution in [3.8, 4) is 0 Å². The lowest BCUT2D eigenvalue weighted by Crippen LogP contribution is -2.42. The highest BCUT2D eigenvalue weighted by Gasteiger charge is 2.13. The monoisotopic (exact) mass is 478 g/mol. The smallest absolute Gasteiger partial charge is 0.269 e. The van der Waals surface area contributed by atoms with Crippen molar-refractivity contribution in [2.24, 2.45) is 0 Å². The molecule has 0 bridgehead atoms. The first-order valence-corrected chi connectivity index (χ1v) is 10.3. The van der Waals surface area contributed by atoms with Gasteiger partial charge in [-0.25, -0.2) is 9.37 Å². The van der Waals surface area contributed by atoms with Gasteiger partial charge < -0.3 is 0 Å². The van der Waals surface area contributed by atoms with E-state index in [1.165, 1.54) is 16.7 Å². The van der Waals surface area contributed by atoms with E-state index >= 15 is 0 Å². The van der Waals surface area contributed by atoms with Gasteiger partial charge >= 0.3 is 0 Å². The van der Waals surface area contributed by atoms with E-state index in [0.29, 0.717) is 22.6 Å². The average molecular weight is 479 g/mol. The molecule has 0 aliphatic carbocycles. The Kier molecular flexibility index (Phi) is 6.65. The molecule has 0 unspecified atom stereocenters. The van der Waals surface area contributed by atoms with E-state index < -0.39 is 17.6 Å². The number of hydrazine groups is 1. The lowest BCUT2D eigenvalue weighted by atomic mass is 10.2. The van der Waals surface area contributed by atoms with Gasteiger partial charge in [0.25, 0.3) is 11.5 Å². The Morgan fingerprint density at radius 3 is 2.59 bits per heavy atom. The molecule has 0 spiro atoms. The van der Waals surface area contributed by atoms with E-state index in [9.17, 15) is 18.8 Å². The Hall–Kier alpha value is -2.72. The van der Waals surface area contributed by atoms with Crippen molar-refractivity contribution in [2.75, 3.05) is 5.75 Å². The fourth-order valence-corrected chi connectivity index (χ4v) is 3.75. The molecule has 0 radical (unpaired) electrons. The van der Waals surface area contributed by atoms with E-state index in [1.54, 1.807) is 18.2 Å². The first kappa shape index (κ1) is 21.0. The highest BCUT2D eigenvalue weighted by molar-refractivity contribution is 9.10. The largest absolute Gasteiger partial charge is 0.287 e. The molecule has 0 aliphatic rings. The van der Waals surface area contributed by atoms with Crippen LogP contribution in [0.3, 0.4) is 0 Å². The third kappa shape index (κ3) is 5.01. The zero-order chi connectivity index (χ0) is 21.0. The van der Waals surface area contributed by atoms with Gasteiger partial charge in [0.05, 0.1) is 16.7 Å². The lowest BCUT2D eigenvalue weighted by molar-refractivity contribution is -0.119. The average Bonchev–Trinajstić information content (AvgIpc) is 2.71. The molecular weight excluding hydrogens is 463 g/mol. The Morgan fingerprint density at radius 1 is 1.17 bits per heavy atom. The molecule has 0 fully saturated rings. The molecule has 0 saturated heterocycles. The molecule has 10 heteroatoms. The van der Waals surface area contributed by atoms with Gasteiger partial charge in [-0.05, 0) is 49.4 Å². The summed E-state index contributed by atoms with van der Waals surface area (Å²) in [5, 5.41) is 0.897. The van der Waals surface area contributed by atoms with Gasteiger partial charge in [-0.3, -0.25) is 29.8 Å². The molecule has 0 atom stereocenters. The molecule has 1 heterocycles.